The van der Waals surface area contributed by atoms with Crippen molar-refractivity contribution in [3.63, 3.8) is 0 Å². The summed E-state index contributed by atoms with van der Waals surface area (Å²) in [6, 6.07) is 1.13. The molecule has 2 aromatic rings. The molecule has 0 unspecified atom stereocenters. The van der Waals surface area contributed by atoms with Crippen LogP contribution in [0.15, 0.2) is 17.4 Å². The van der Waals surface area contributed by atoms with Crippen molar-refractivity contribution in [1.82, 2.24) is 24.8 Å². The summed E-state index contributed by atoms with van der Waals surface area (Å²) >= 11 is 1.31. The van der Waals surface area contributed by atoms with Crippen molar-refractivity contribution in [2.24, 2.45) is 0 Å². The van der Waals surface area contributed by atoms with Crippen molar-refractivity contribution < 1.29 is 32.6 Å². The van der Waals surface area contributed by atoms with E-state index in [1.54, 1.807) is 13.2 Å². The molecule has 0 radical (unpaired) electrons. The number of hydrogen-bond acceptors (Lipinski definition) is 8. The predicted octanol–water partition coefficient (Wildman–Crippen LogP) is 3.43. The number of halogens is 3. The lowest BCUT2D eigenvalue weighted by Crippen LogP contribution is -2.37. The highest BCUT2D eigenvalue weighted by atomic mass is 32.2. The number of nitrogens with zero attached hydrogens (tertiary/aromatic N) is 5. The maximum atomic E-state index is 13.0. The molecule has 172 valence electrons. The van der Waals surface area contributed by atoms with E-state index in [1.807, 2.05) is 0 Å². The van der Waals surface area contributed by atoms with E-state index in [0.29, 0.717) is 42.5 Å². The first-order chi connectivity index (χ1) is 15.1. The minimum Gasteiger partial charge on any atom is -0.469 e. The van der Waals surface area contributed by atoms with Gasteiger partial charge in [0.1, 0.15) is 0 Å². The normalized spacial score (nSPS) is 15.0. The van der Waals surface area contributed by atoms with Crippen molar-refractivity contribution in [1.29, 1.82) is 0 Å². The summed E-state index contributed by atoms with van der Waals surface area (Å²) < 4.78 is 43.6. The molecule has 1 fully saturated rings. The molecule has 1 aliphatic heterocycles. The zero-order valence-electron chi connectivity index (χ0n) is 17.2. The lowest BCUT2D eigenvalue weighted by molar-refractivity contribution is -0.145. The van der Waals surface area contributed by atoms with E-state index >= 15 is 0 Å². The van der Waals surface area contributed by atoms with Crippen LogP contribution in [0.5, 0.6) is 5.88 Å². The molecule has 0 aromatic carbocycles. The Labute approximate surface area is 185 Å². The Morgan fingerprint density at radius 1 is 1.25 bits per heavy atom. The van der Waals surface area contributed by atoms with Crippen LogP contribution in [0.3, 0.4) is 0 Å². The van der Waals surface area contributed by atoms with E-state index in [9.17, 15) is 22.8 Å². The van der Waals surface area contributed by atoms with E-state index in [0.717, 1.165) is 12.3 Å². The second kappa shape index (κ2) is 9.67. The van der Waals surface area contributed by atoms with Gasteiger partial charge in [0.25, 0.3) is 0 Å². The zero-order chi connectivity index (χ0) is 23.5. The van der Waals surface area contributed by atoms with Crippen molar-refractivity contribution in [2.45, 2.75) is 37.0 Å². The molecule has 0 aliphatic carbocycles. The summed E-state index contributed by atoms with van der Waals surface area (Å²) in [6.07, 6.45) is -2.07. The van der Waals surface area contributed by atoms with E-state index in [-0.39, 0.29) is 17.4 Å². The number of carboxylic acid groups (broad SMARTS) is 1. The Morgan fingerprint density at radius 2 is 1.94 bits per heavy atom. The third kappa shape index (κ3) is 5.44. The Hall–Kier alpha value is -2.96. The first kappa shape index (κ1) is 23.7. The van der Waals surface area contributed by atoms with Gasteiger partial charge in [-0.2, -0.15) is 18.2 Å². The molecule has 32 heavy (non-hydrogen) atoms. The Kier molecular flexibility index (Phi) is 7.16. The molecule has 1 aliphatic rings. The van der Waals surface area contributed by atoms with Crippen LogP contribution in [-0.2, 0) is 6.18 Å². The number of ketones is 1. The molecular formula is C19H20F3N5O4S. The van der Waals surface area contributed by atoms with E-state index in [1.165, 1.54) is 16.7 Å². The number of hydrogen-bond donors (Lipinski definition) is 1. The Balaban J connectivity index is 1.82. The fourth-order valence-corrected chi connectivity index (χ4v) is 3.83. The second-order valence-electron chi connectivity index (χ2n) is 7.03. The maximum absolute atomic E-state index is 13.0. The van der Waals surface area contributed by atoms with Crippen molar-refractivity contribution in [2.75, 3.05) is 26.0 Å². The number of rotatable bonds is 6. The summed E-state index contributed by atoms with van der Waals surface area (Å²) in [6.45, 7) is 1.71. The predicted molar refractivity (Wildman–Crippen MR) is 107 cm³/mol. The number of piperidine rings is 1. The van der Waals surface area contributed by atoms with Gasteiger partial charge >= 0.3 is 12.3 Å². The first-order valence-electron chi connectivity index (χ1n) is 9.56. The lowest BCUT2D eigenvalue weighted by Gasteiger charge is -2.30. The van der Waals surface area contributed by atoms with Crippen LogP contribution < -0.4 is 4.74 Å². The molecule has 0 bridgehead atoms. The number of aryl methyl sites for hydroxylation is 1. The standard InChI is InChI=1S/C19H20F3N5O4S/c1-10-14(12(28)9-31-13-3-6-23-16(25-13)19(20,21)22)15(26-17(24-10)32-2)11-4-7-27(8-5-11)18(29)30/h3,6,11H,4-5,7-9H2,1-2H3,(H,29,30). The fraction of sp³-hybridized carbons (Fsp3) is 0.474. The highest BCUT2D eigenvalue weighted by Crippen LogP contribution is 2.32. The fourth-order valence-electron chi connectivity index (χ4n) is 3.41. The third-order valence-corrected chi connectivity index (χ3v) is 5.49. The first-order valence-corrected chi connectivity index (χ1v) is 10.8. The van der Waals surface area contributed by atoms with Crippen molar-refractivity contribution >= 4 is 23.6 Å². The van der Waals surface area contributed by atoms with Crippen molar-refractivity contribution in [3.05, 3.63) is 35.0 Å². The molecule has 1 amide bonds. The summed E-state index contributed by atoms with van der Waals surface area (Å²) in [5.74, 6) is -2.40. The van der Waals surface area contributed by atoms with Crippen LogP contribution in [0.25, 0.3) is 0 Å². The van der Waals surface area contributed by atoms with Gasteiger partial charge in [0, 0.05) is 31.3 Å². The molecule has 3 rings (SSSR count). The minimum atomic E-state index is -4.74. The monoisotopic (exact) mass is 471 g/mol. The highest BCUT2D eigenvalue weighted by Gasteiger charge is 2.35. The number of thioether (sulfide) groups is 1. The van der Waals surface area contributed by atoms with Gasteiger partial charge in [-0.3, -0.25) is 4.79 Å². The third-order valence-electron chi connectivity index (χ3n) is 4.95. The molecule has 1 saturated heterocycles. The molecular weight excluding hydrogens is 451 g/mol. The van der Waals surface area contributed by atoms with Gasteiger partial charge in [-0.25, -0.2) is 19.7 Å². The van der Waals surface area contributed by atoms with E-state index < -0.39 is 30.5 Å². The molecule has 2 aromatic heterocycles. The number of carbonyl (C=O) groups is 2. The van der Waals surface area contributed by atoms with E-state index in [2.05, 4.69) is 19.9 Å². The summed E-state index contributed by atoms with van der Waals surface area (Å²) in [4.78, 5) is 40.7. The topological polar surface area (TPSA) is 118 Å². The lowest BCUT2D eigenvalue weighted by atomic mass is 9.89. The smallest absolute Gasteiger partial charge is 0.451 e. The summed E-state index contributed by atoms with van der Waals surface area (Å²) in [5.41, 5.74) is 1.16. The Bertz CT molecular complexity index is 1010. The average Bonchev–Trinajstić information content (AvgIpc) is 2.76. The SMILES string of the molecule is CSc1nc(C)c(C(=O)COc2ccnc(C(F)(F)F)n2)c(C2CCN(C(=O)O)CC2)n1. The number of alkyl halides is 3. The quantitative estimate of drug-likeness (QED) is 0.384. The number of amides is 1. The summed E-state index contributed by atoms with van der Waals surface area (Å²) in [5, 5.41) is 9.63. The average molecular weight is 471 g/mol. The van der Waals surface area contributed by atoms with Crippen molar-refractivity contribution in [3.8, 4) is 5.88 Å². The number of Topliss-reactive ketones (excluding diaryl/α,β-unsaturated/α-hetero) is 1. The second-order valence-corrected chi connectivity index (χ2v) is 7.80. The van der Waals surface area contributed by atoms with Crippen LogP contribution in [-0.4, -0.2) is 67.8 Å². The van der Waals surface area contributed by atoms with Crippen LogP contribution in [0.1, 0.15) is 46.3 Å². The van der Waals surface area contributed by atoms with Crippen LogP contribution >= 0.6 is 11.8 Å². The van der Waals surface area contributed by atoms with Crippen LogP contribution in [0, 0.1) is 6.92 Å². The molecule has 9 nitrogen and oxygen atoms in total. The molecule has 13 heteroatoms. The molecule has 0 atom stereocenters. The van der Waals surface area contributed by atoms with Gasteiger partial charge in [-0.15, -0.1) is 0 Å². The van der Waals surface area contributed by atoms with E-state index in [4.69, 9.17) is 9.84 Å². The molecule has 3 heterocycles. The largest absolute Gasteiger partial charge is 0.469 e. The van der Waals surface area contributed by atoms with Gasteiger partial charge < -0.3 is 14.7 Å². The summed E-state index contributed by atoms with van der Waals surface area (Å²) in [7, 11) is 0. The maximum Gasteiger partial charge on any atom is 0.451 e. The number of ether oxygens (including phenoxy) is 1. The number of aromatic nitrogens is 4. The van der Waals surface area contributed by atoms with Gasteiger partial charge in [0.2, 0.25) is 17.5 Å². The van der Waals surface area contributed by atoms with Gasteiger partial charge in [0.05, 0.1) is 17.0 Å². The Morgan fingerprint density at radius 3 is 2.53 bits per heavy atom. The van der Waals surface area contributed by atoms with Crippen LogP contribution in [0.4, 0.5) is 18.0 Å². The molecule has 1 N–H and O–H groups in total. The van der Waals surface area contributed by atoms with Gasteiger partial charge in [-0.05, 0) is 26.0 Å². The molecule has 0 saturated carbocycles. The van der Waals surface area contributed by atoms with Crippen LogP contribution in [0.2, 0.25) is 0 Å². The zero-order valence-corrected chi connectivity index (χ0v) is 18.0. The number of likely N-dealkylation sites (tertiary alicyclic amines) is 1. The van der Waals surface area contributed by atoms with Gasteiger partial charge in [0.15, 0.2) is 11.8 Å². The van der Waals surface area contributed by atoms with Gasteiger partial charge in [-0.1, -0.05) is 11.8 Å². The number of carbonyl (C=O) groups excluding carboxylic acids is 1. The highest BCUT2D eigenvalue weighted by molar-refractivity contribution is 7.98. The molecule has 0 spiro atoms. The minimum absolute atomic E-state index is 0.159.